The van der Waals surface area contributed by atoms with E-state index in [0.29, 0.717) is 5.69 Å². The predicted octanol–water partition coefficient (Wildman–Crippen LogP) is 2.40. The van der Waals surface area contributed by atoms with Crippen LogP contribution in [0.4, 0.5) is 11.4 Å². The maximum atomic E-state index is 12.8. The lowest BCUT2D eigenvalue weighted by Crippen LogP contribution is -2.35. The van der Waals surface area contributed by atoms with E-state index in [1.54, 1.807) is 44.2 Å². The molecule has 1 fully saturated rings. The van der Waals surface area contributed by atoms with E-state index in [-0.39, 0.29) is 28.7 Å². The van der Waals surface area contributed by atoms with Crippen molar-refractivity contribution in [3.63, 3.8) is 0 Å². The molecule has 172 valence electrons. The first-order valence-corrected chi connectivity index (χ1v) is 9.82. The molecule has 1 aliphatic rings. The molecule has 1 N–H and O–H groups in total. The quantitative estimate of drug-likeness (QED) is 0.211. The molecule has 0 spiro atoms. The minimum atomic E-state index is -0.722. The molecule has 11 nitrogen and oxygen atoms in total. The fourth-order valence-corrected chi connectivity index (χ4v) is 3.03. The first-order chi connectivity index (χ1) is 15.7. The summed E-state index contributed by atoms with van der Waals surface area (Å²) >= 11 is 0. The number of nitrogens with one attached hydrogen (secondary N) is 1. The van der Waals surface area contributed by atoms with E-state index in [2.05, 4.69) is 5.43 Å². The standard InChI is InChI=1S/C22H21N3O8/c1-13(2)33-19(26)12-32-20-17(25(29)30)10-14(11-18(20)31-3)9-16-21(27)23-24(22(16)28)15-7-5-4-6-8-15/h4-11,13H,12H2,1-3H3,(H,23,27)/b16-9-. The van der Waals surface area contributed by atoms with Gasteiger partial charge in [0, 0.05) is 6.07 Å². The minimum absolute atomic E-state index is 0.0563. The Morgan fingerprint density at radius 3 is 2.52 bits per heavy atom. The van der Waals surface area contributed by atoms with Crippen LogP contribution in [0.2, 0.25) is 0 Å². The Morgan fingerprint density at radius 1 is 1.21 bits per heavy atom. The molecular formula is C22H21N3O8. The Morgan fingerprint density at radius 2 is 1.91 bits per heavy atom. The summed E-state index contributed by atoms with van der Waals surface area (Å²) in [4.78, 5) is 47.8. The van der Waals surface area contributed by atoms with Gasteiger partial charge in [-0.2, -0.15) is 0 Å². The van der Waals surface area contributed by atoms with E-state index in [1.807, 2.05) is 0 Å². The van der Waals surface area contributed by atoms with Gasteiger partial charge in [0.1, 0.15) is 5.57 Å². The minimum Gasteiger partial charge on any atom is -0.493 e. The lowest BCUT2D eigenvalue weighted by Gasteiger charge is -2.14. The largest absolute Gasteiger partial charge is 0.493 e. The highest BCUT2D eigenvalue weighted by atomic mass is 16.6. The zero-order chi connectivity index (χ0) is 24.1. The summed E-state index contributed by atoms with van der Waals surface area (Å²) in [5.74, 6) is -2.33. The molecule has 0 atom stereocenters. The highest BCUT2D eigenvalue weighted by Crippen LogP contribution is 2.39. The van der Waals surface area contributed by atoms with Crippen LogP contribution in [0.3, 0.4) is 0 Å². The third kappa shape index (κ3) is 5.26. The number of benzene rings is 2. The van der Waals surface area contributed by atoms with Crippen molar-refractivity contribution >= 4 is 35.2 Å². The van der Waals surface area contributed by atoms with Crippen LogP contribution in [0.5, 0.6) is 11.5 Å². The highest BCUT2D eigenvalue weighted by Gasteiger charge is 2.35. The van der Waals surface area contributed by atoms with E-state index in [0.717, 1.165) is 11.1 Å². The number of carbonyl (C=O) groups excluding carboxylic acids is 3. The SMILES string of the molecule is COc1cc(/C=C2/C(=O)NN(c3ccccc3)C2=O)cc([N+](=O)[O-])c1OCC(=O)OC(C)C. The fraction of sp³-hybridized carbons (Fsp3) is 0.227. The summed E-state index contributed by atoms with van der Waals surface area (Å²) in [5.41, 5.74) is 2.34. The Labute approximate surface area is 188 Å². The number of nitro benzene ring substituents is 1. The third-order valence-electron chi connectivity index (χ3n) is 4.39. The van der Waals surface area contributed by atoms with Crippen LogP contribution >= 0.6 is 0 Å². The lowest BCUT2D eigenvalue weighted by atomic mass is 10.1. The fourth-order valence-electron chi connectivity index (χ4n) is 3.03. The number of ether oxygens (including phenoxy) is 3. The molecule has 11 heteroatoms. The van der Waals surface area contributed by atoms with E-state index in [9.17, 15) is 24.5 Å². The number of hydrazine groups is 1. The van der Waals surface area contributed by atoms with E-state index in [1.165, 1.54) is 19.3 Å². The van der Waals surface area contributed by atoms with Gasteiger partial charge in [-0.25, -0.2) is 9.80 Å². The summed E-state index contributed by atoms with van der Waals surface area (Å²) in [6, 6.07) is 10.9. The molecule has 0 radical (unpaired) electrons. The third-order valence-corrected chi connectivity index (χ3v) is 4.39. The van der Waals surface area contributed by atoms with Crippen LogP contribution in [-0.4, -0.2) is 42.5 Å². The van der Waals surface area contributed by atoms with Crippen LogP contribution in [0.15, 0.2) is 48.0 Å². The first-order valence-electron chi connectivity index (χ1n) is 9.82. The molecule has 1 saturated heterocycles. The number of esters is 1. The number of hydrogen-bond donors (Lipinski definition) is 1. The number of para-hydroxylation sites is 1. The topological polar surface area (TPSA) is 137 Å². The van der Waals surface area contributed by atoms with Gasteiger partial charge in [-0.3, -0.25) is 25.1 Å². The number of amides is 2. The average molecular weight is 455 g/mol. The molecular weight excluding hydrogens is 434 g/mol. The summed E-state index contributed by atoms with van der Waals surface area (Å²) in [6.45, 7) is 2.74. The van der Waals surface area contributed by atoms with Crippen molar-refractivity contribution in [3.8, 4) is 11.5 Å². The van der Waals surface area contributed by atoms with Gasteiger partial charge in [-0.15, -0.1) is 0 Å². The molecule has 3 rings (SSSR count). The normalized spacial score (nSPS) is 14.4. The molecule has 0 saturated carbocycles. The Kier molecular flexibility index (Phi) is 6.91. The van der Waals surface area contributed by atoms with Gasteiger partial charge in [0.2, 0.25) is 5.75 Å². The number of anilines is 1. The Hall–Kier alpha value is -4.41. The van der Waals surface area contributed by atoms with E-state index < -0.39 is 35.0 Å². The maximum Gasteiger partial charge on any atom is 0.344 e. The molecule has 33 heavy (non-hydrogen) atoms. The van der Waals surface area contributed by atoms with Crippen molar-refractivity contribution in [1.29, 1.82) is 0 Å². The van der Waals surface area contributed by atoms with Crippen LogP contribution < -0.4 is 19.9 Å². The monoisotopic (exact) mass is 455 g/mol. The van der Waals surface area contributed by atoms with Crippen molar-refractivity contribution in [3.05, 3.63) is 63.7 Å². The summed E-state index contributed by atoms with van der Waals surface area (Å²) in [7, 11) is 1.26. The van der Waals surface area contributed by atoms with E-state index in [4.69, 9.17) is 14.2 Å². The first kappa shape index (κ1) is 23.3. The molecule has 1 heterocycles. The second kappa shape index (κ2) is 9.81. The number of nitrogens with zero attached hydrogens (tertiary/aromatic N) is 2. The molecule has 2 aromatic carbocycles. The lowest BCUT2D eigenvalue weighted by molar-refractivity contribution is -0.385. The molecule has 0 aliphatic carbocycles. The molecule has 0 bridgehead atoms. The zero-order valence-electron chi connectivity index (χ0n) is 18.1. The van der Waals surface area contributed by atoms with Gasteiger partial charge < -0.3 is 14.2 Å². The van der Waals surface area contributed by atoms with Crippen LogP contribution in [0.1, 0.15) is 19.4 Å². The van der Waals surface area contributed by atoms with Crippen molar-refractivity contribution in [1.82, 2.24) is 5.43 Å². The Bertz CT molecular complexity index is 1130. The molecule has 0 aromatic heterocycles. The smallest absolute Gasteiger partial charge is 0.344 e. The van der Waals surface area contributed by atoms with Crippen LogP contribution in [0, 0.1) is 10.1 Å². The Balaban J connectivity index is 1.94. The van der Waals surface area contributed by atoms with Gasteiger partial charge in [0.05, 0.1) is 23.8 Å². The second-order valence-corrected chi connectivity index (χ2v) is 7.13. The van der Waals surface area contributed by atoms with Gasteiger partial charge in [0.25, 0.3) is 11.8 Å². The van der Waals surface area contributed by atoms with Gasteiger partial charge >= 0.3 is 11.7 Å². The van der Waals surface area contributed by atoms with Gasteiger partial charge in [0.15, 0.2) is 12.4 Å². The van der Waals surface area contributed by atoms with Crippen LogP contribution in [-0.2, 0) is 19.1 Å². The summed E-state index contributed by atoms with van der Waals surface area (Å²) < 4.78 is 15.5. The zero-order valence-corrected chi connectivity index (χ0v) is 18.1. The number of rotatable bonds is 8. The average Bonchev–Trinajstić information content (AvgIpc) is 3.05. The number of hydrogen-bond acceptors (Lipinski definition) is 8. The number of methoxy groups -OCH3 is 1. The second-order valence-electron chi connectivity index (χ2n) is 7.13. The van der Waals surface area contributed by atoms with Crippen molar-refractivity contribution < 1.29 is 33.5 Å². The molecule has 1 aliphatic heterocycles. The summed E-state index contributed by atoms with van der Waals surface area (Å²) in [6.07, 6.45) is 0.838. The maximum absolute atomic E-state index is 12.8. The molecule has 2 aromatic rings. The van der Waals surface area contributed by atoms with Crippen molar-refractivity contribution in [2.45, 2.75) is 20.0 Å². The van der Waals surface area contributed by atoms with Crippen molar-refractivity contribution in [2.24, 2.45) is 0 Å². The van der Waals surface area contributed by atoms with Crippen LogP contribution in [0.25, 0.3) is 6.08 Å². The van der Waals surface area contributed by atoms with E-state index >= 15 is 0 Å². The molecule has 0 unspecified atom stereocenters. The highest BCUT2D eigenvalue weighted by molar-refractivity contribution is 6.31. The van der Waals surface area contributed by atoms with Gasteiger partial charge in [-0.05, 0) is 43.7 Å². The molecule has 2 amide bonds. The number of nitro groups is 1. The number of carbonyl (C=O) groups is 3. The summed E-state index contributed by atoms with van der Waals surface area (Å²) in [5, 5.41) is 12.7. The van der Waals surface area contributed by atoms with Crippen molar-refractivity contribution in [2.75, 3.05) is 18.7 Å². The predicted molar refractivity (Wildman–Crippen MR) is 116 cm³/mol. The van der Waals surface area contributed by atoms with Gasteiger partial charge in [-0.1, -0.05) is 18.2 Å².